The number of morpholine rings is 1. The van der Waals surface area contributed by atoms with Crippen molar-refractivity contribution in [3.63, 3.8) is 0 Å². The lowest BCUT2D eigenvalue weighted by atomic mass is 10.0. The normalized spacial score (nSPS) is 19.8. The average Bonchev–Trinajstić information content (AvgIpc) is 2.80. The van der Waals surface area contributed by atoms with E-state index in [2.05, 4.69) is 32.2 Å². The summed E-state index contributed by atoms with van der Waals surface area (Å²) in [6.07, 6.45) is 4.74. The molecule has 0 aliphatic carbocycles. The Kier molecular flexibility index (Phi) is 6.24. The number of amides is 1. The van der Waals surface area contributed by atoms with Gasteiger partial charge in [-0.05, 0) is 49.9 Å². The molecule has 3 heterocycles. The number of carbonyl (C=O) groups excluding carboxylic acids is 1. The van der Waals surface area contributed by atoms with Crippen LogP contribution in [0, 0.1) is 0 Å². The largest absolute Gasteiger partial charge is 0.378 e. The zero-order valence-corrected chi connectivity index (χ0v) is 17.0. The smallest absolute Gasteiger partial charge is 0.276 e. The van der Waals surface area contributed by atoms with Gasteiger partial charge in [-0.25, -0.2) is 0 Å². The lowest BCUT2D eigenvalue weighted by molar-refractivity contribution is 0.102. The number of anilines is 3. The Labute approximate surface area is 172 Å². The summed E-state index contributed by atoms with van der Waals surface area (Å²) in [5, 5.41) is 11.6. The van der Waals surface area contributed by atoms with E-state index in [1.54, 1.807) is 6.07 Å². The number of benzene rings is 1. The summed E-state index contributed by atoms with van der Waals surface area (Å²) in [5.74, 6) is 0.622. The number of carbonyl (C=O) groups is 1. The SMILES string of the molecule is CCC1CCCCN1c1ccc(C(=O)Nc2ccccc2N2CCOCC2)nn1. The van der Waals surface area contributed by atoms with E-state index in [0.29, 0.717) is 24.9 Å². The summed E-state index contributed by atoms with van der Waals surface area (Å²) in [7, 11) is 0. The standard InChI is InChI=1S/C22H29N5O2/c1-2-17-7-5-6-12-27(17)21-11-10-19(24-25-21)22(28)23-18-8-3-4-9-20(18)26-13-15-29-16-14-26/h3-4,8-11,17H,2,5-7,12-16H2,1H3,(H,23,28). The molecule has 7 heteroatoms. The molecule has 154 valence electrons. The van der Waals surface area contributed by atoms with Gasteiger partial charge in [-0.15, -0.1) is 10.2 Å². The molecule has 7 nitrogen and oxygen atoms in total. The van der Waals surface area contributed by atoms with Crippen LogP contribution in [0.15, 0.2) is 36.4 Å². The first-order chi connectivity index (χ1) is 14.3. The van der Waals surface area contributed by atoms with Crippen molar-refractivity contribution in [2.24, 2.45) is 0 Å². The van der Waals surface area contributed by atoms with Crippen LogP contribution in [0.2, 0.25) is 0 Å². The van der Waals surface area contributed by atoms with Gasteiger partial charge < -0.3 is 19.9 Å². The monoisotopic (exact) mass is 395 g/mol. The van der Waals surface area contributed by atoms with E-state index in [1.165, 1.54) is 19.3 Å². The average molecular weight is 396 g/mol. The molecule has 2 aliphatic rings. The molecule has 0 radical (unpaired) electrons. The molecule has 0 bridgehead atoms. The summed E-state index contributed by atoms with van der Waals surface area (Å²) in [6, 6.07) is 12.1. The Morgan fingerprint density at radius 3 is 2.69 bits per heavy atom. The molecule has 1 aromatic carbocycles. The fraction of sp³-hybridized carbons (Fsp3) is 0.500. The van der Waals surface area contributed by atoms with E-state index < -0.39 is 0 Å². The number of nitrogens with zero attached hydrogens (tertiary/aromatic N) is 4. The minimum atomic E-state index is -0.240. The minimum Gasteiger partial charge on any atom is -0.378 e. The number of para-hydroxylation sites is 2. The topological polar surface area (TPSA) is 70.6 Å². The minimum absolute atomic E-state index is 0.240. The predicted molar refractivity (Wildman–Crippen MR) is 115 cm³/mol. The third-order valence-corrected chi connectivity index (χ3v) is 5.78. The van der Waals surface area contributed by atoms with Crippen LogP contribution in [0.1, 0.15) is 43.1 Å². The van der Waals surface area contributed by atoms with Gasteiger partial charge in [0.2, 0.25) is 0 Å². The van der Waals surface area contributed by atoms with Crippen molar-refractivity contribution in [3.8, 4) is 0 Å². The Morgan fingerprint density at radius 1 is 1.10 bits per heavy atom. The molecule has 1 N–H and O–H groups in total. The Morgan fingerprint density at radius 2 is 1.93 bits per heavy atom. The molecular weight excluding hydrogens is 366 g/mol. The van der Waals surface area contributed by atoms with Crippen molar-refractivity contribution in [2.45, 2.75) is 38.6 Å². The second-order valence-corrected chi connectivity index (χ2v) is 7.60. The number of hydrogen-bond donors (Lipinski definition) is 1. The maximum Gasteiger partial charge on any atom is 0.276 e. The molecule has 2 aliphatic heterocycles. The molecular formula is C22H29N5O2. The summed E-state index contributed by atoms with van der Waals surface area (Å²) in [6.45, 7) is 6.25. The third kappa shape index (κ3) is 4.50. The van der Waals surface area contributed by atoms with Gasteiger partial charge in [0.05, 0.1) is 24.6 Å². The summed E-state index contributed by atoms with van der Waals surface area (Å²) in [4.78, 5) is 17.3. The molecule has 4 rings (SSSR count). The molecule has 2 aromatic rings. The first kappa shape index (κ1) is 19.6. The molecule has 1 aromatic heterocycles. The fourth-order valence-corrected chi connectivity index (χ4v) is 4.17. The lowest BCUT2D eigenvalue weighted by Gasteiger charge is -2.35. The van der Waals surface area contributed by atoms with Gasteiger partial charge in [-0.3, -0.25) is 4.79 Å². The summed E-state index contributed by atoms with van der Waals surface area (Å²) in [5.41, 5.74) is 2.12. The van der Waals surface area contributed by atoms with E-state index >= 15 is 0 Å². The third-order valence-electron chi connectivity index (χ3n) is 5.78. The van der Waals surface area contributed by atoms with E-state index in [0.717, 1.165) is 43.2 Å². The maximum atomic E-state index is 12.8. The highest BCUT2D eigenvalue weighted by Crippen LogP contribution is 2.27. The van der Waals surface area contributed by atoms with Crippen molar-refractivity contribution in [1.82, 2.24) is 10.2 Å². The van der Waals surface area contributed by atoms with Gasteiger partial charge >= 0.3 is 0 Å². The second kappa shape index (κ2) is 9.22. The van der Waals surface area contributed by atoms with Crippen molar-refractivity contribution in [1.29, 1.82) is 0 Å². The van der Waals surface area contributed by atoms with E-state index in [-0.39, 0.29) is 5.91 Å². The number of rotatable bonds is 5. The molecule has 1 amide bonds. The Bertz CT molecular complexity index is 820. The van der Waals surface area contributed by atoms with Crippen LogP contribution in [-0.2, 0) is 4.74 Å². The van der Waals surface area contributed by atoms with Gasteiger partial charge in [-0.2, -0.15) is 0 Å². The molecule has 1 unspecified atom stereocenters. The van der Waals surface area contributed by atoms with E-state index in [9.17, 15) is 4.79 Å². The predicted octanol–water partition coefficient (Wildman–Crippen LogP) is 3.33. The van der Waals surface area contributed by atoms with Crippen LogP contribution >= 0.6 is 0 Å². The molecule has 29 heavy (non-hydrogen) atoms. The quantitative estimate of drug-likeness (QED) is 0.837. The van der Waals surface area contributed by atoms with Crippen molar-refractivity contribution in [2.75, 3.05) is 48.0 Å². The summed E-state index contributed by atoms with van der Waals surface area (Å²) < 4.78 is 5.44. The summed E-state index contributed by atoms with van der Waals surface area (Å²) >= 11 is 0. The molecule has 1 atom stereocenters. The van der Waals surface area contributed by atoms with Crippen LogP contribution < -0.4 is 15.1 Å². The van der Waals surface area contributed by atoms with Gasteiger partial charge in [0.25, 0.3) is 5.91 Å². The van der Waals surface area contributed by atoms with E-state index in [1.807, 2.05) is 30.3 Å². The fourth-order valence-electron chi connectivity index (χ4n) is 4.17. The molecule has 0 saturated carbocycles. The highest BCUT2D eigenvalue weighted by Gasteiger charge is 2.23. The van der Waals surface area contributed by atoms with Crippen LogP contribution in [0.25, 0.3) is 0 Å². The number of ether oxygens (including phenoxy) is 1. The maximum absolute atomic E-state index is 12.8. The van der Waals surface area contributed by atoms with Gasteiger partial charge in [0.1, 0.15) is 0 Å². The van der Waals surface area contributed by atoms with Crippen molar-refractivity contribution >= 4 is 23.1 Å². The van der Waals surface area contributed by atoms with Crippen molar-refractivity contribution < 1.29 is 9.53 Å². The van der Waals surface area contributed by atoms with Crippen LogP contribution in [0.4, 0.5) is 17.2 Å². The number of aromatic nitrogens is 2. The van der Waals surface area contributed by atoms with Crippen molar-refractivity contribution in [3.05, 3.63) is 42.1 Å². The van der Waals surface area contributed by atoms with Gasteiger partial charge in [0.15, 0.2) is 11.5 Å². The lowest BCUT2D eigenvalue weighted by Crippen LogP contribution is -2.39. The zero-order valence-electron chi connectivity index (χ0n) is 17.0. The molecule has 0 spiro atoms. The number of piperidine rings is 1. The zero-order chi connectivity index (χ0) is 20.1. The van der Waals surface area contributed by atoms with Crippen LogP contribution in [-0.4, -0.2) is 55.0 Å². The van der Waals surface area contributed by atoms with Crippen LogP contribution in [0.3, 0.4) is 0 Å². The van der Waals surface area contributed by atoms with Gasteiger partial charge in [-0.1, -0.05) is 19.1 Å². The first-order valence-electron chi connectivity index (χ1n) is 10.6. The highest BCUT2D eigenvalue weighted by atomic mass is 16.5. The first-order valence-corrected chi connectivity index (χ1v) is 10.6. The van der Waals surface area contributed by atoms with Gasteiger partial charge in [0, 0.05) is 25.7 Å². The second-order valence-electron chi connectivity index (χ2n) is 7.60. The Hall–Kier alpha value is -2.67. The molecule has 2 fully saturated rings. The van der Waals surface area contributed by atoms with E-state index in [4.69, 9.17) is 4.74 Å². The number of hydrogen-bond acceptors (Lipinski definition) is 6. The highest BCUT2D eigenvalue weighted by molar-refractivity contribution is 6.04. The molecule has 2 saturated heterocycles. The number of nitrogens with one attached hydrogen (secondary N) is 1. The Balaban J connectivity index is 1.47. The van der Waals surface area contributed by atoms with Crippen LogP contribution in [0.5, 0.6) is 0 Å².